The summed E-state index contributed by atoms with van der Waals surface area (Å²) in [5.74, 6) is -0.574. The molecular weight excluding hydrogens is 352 g/mol. The van der Waals surface area contributed by atoms with Crippen LogP contribution in [0.15, 0.2) is 47.2 Å². The molecule has 3 aromatic rings. The van der Waals surface area contributed by atoms with E-state index in [9.17, 15) is 8.78 Å². The van der Waals surface area contributed by atoms with E-state index in [1.165, 1.54) is 18.0 Å². The monoisotopic (exact) mass is 363 g/mol. The highest BCUT2D eigenvalue weighted by Gasteiger charge is 2.44. The number of alkyl halides is 3. The second-order valence-corrected chi connectivity index (χ2v) is 6.26. The largest absolute Gasteiger partial charge is 0.400 e. The molecule has 1 aliphatic carbocycles. The van der Waals surface area contributed by atoms with Gasteiger partial charge in [0, 0.05) is 12.4 Å². The van der Waals surface area contributed by atoms with Gasteiger partial charge in [0.05, 0.1) is 11.1 Å². The predicted octanol–water partition coefficient (Wildman–Crippen LogP) is 3.92. The molecule has 1 fully saturated rings. The maximum Gasteiger partial charge on any atom is 0.400 e. The molecule has 2 aromatic heterocycles. The minimum absolute atomic E-state index is 0.0499. The maximum atomic E-state index is 12.9. The lowest BCUT2D eigenvalue weighted by Crippen LogP contribution is -2.20. The SMILES string of the molecule is FC(F)(Cl)c1nc(-c2cnc(NC3(c4ccccc4)CC3)nc2)no1. The van der Waals surface area contributed by atoms with E-state index in [1.54, 1.807) is 0 Å². The van der Waals surface area contributed by atoms with Gasteiger partial charge in [-0.05, 0) is 30.0 Å². The fourth-order valence-corrected chi connectivity index (χ4v) is 2.62. The van der Waals surface area contributed by atoms with Gasteiger partial charge < -0.3 is 9.84 Å². The van der Waals surface area contributed by atoms with Crippen LogP contribution in [0.25, 0.3) is 11.4 Å². The van der Waals surface area contributed by atoms with Crippen molar-refractivity contribution < 1.29 is 13.3 Å². The van der Waals surface area contributed by atoms with Gasteiger partial charge in [0.25, 0.3) is 0 Å². The highest BCUT2D eigenvalue weighted by Crippen LogP contribution is 2.47. The molecule has 2 heterocycles. The highest BCUT2D eigenvalue weighted by atomic mass is 35.5. The Morgan fingerprint density at radius 1 is 1.12 bits per heavy atom. The molecule has 6 nitrogen and oxygen atoms in total. The molecule has 0 radical (unpaired) electrons. The van der Waals surface area contributed by atoms with Crippen molar-refractivity contribution in [2.75, 3.05) is 5.32 Å². The van der Waals surface area contributed by atoms with Gasteiger partial charge in [-0.1, -0.05) is 35.5 Å². The zero-order chi connectivity index (χ0) is 17.5. The van der Waals surface area contributed by atoms with E-state index in [0.29, 0.717) is 11.5 Å². The lowest BCUT2D eigenvalue weighted by molar-refractivity contribution is 0.0551. The number of benzene rings is 1. The van der Waals surface area contributed by atoms with Gasteiger partial charge in [-0.25, -0.2) is 9.97 Å². The molecule has 4 rings (SSSR count). The van der Waals surface area contributed by atoms with Crippen LogP contribution in [0.5, 0.6) is 0 Å². The van der Waals surface area contributed by atoms with E-state index in [0.717, 1.165) is 12.8 Å². The average Bonchev–Trinajstić information content (AvgIpc) is 3.20. The standard InChI is InChI=1S/C16H12ClF2N5O/c17-16(18,19)13-22-12(24-25-13)10-8-20-14(21-9-10)23-15(6-7-15)11-4-2-1-3-5-11/h1-5,8-9H,6-7H2,(H,20,21,23). The zero-order valence-corrected chi connectivity index (χ0v) is 13.5. The zero-order valence-electron chi connectivity index (χ0n) is 12.8. The van der Waals surface area contributed by atoms with Gasteiger partial charge in [0.1, 0.15) is 0 Å². The summed E-state index contributed by atoms with van der Waals surface area (Å²) in [5.41, 5.74) is 1.38. The molecule has 1 aliphatic rings. The highest BCUT2D eigenvalue weighted by molar-refractivity contribution is 6.21. The summed E-state index contributed by atoms with van der Waals surface area (Å²) in [7, 11) is 0. The van der Waals surface area contributed by atoms with Crippen LogP contribution in [0.4, 0.5) is 14.7 Å². The molecule has 0 saturated heterocycles. The quantitative estimate of drug-likeness (QED) is 0.692. The van der Waals surface area contributed by atoms with Crippen LogP contribution in [0.1, 0.15) is 24.3 Å². The number of aromatic nitrogens is 4. The molecule has 0 aliphatic heterocycles. The van der Waals surface area contributed by atoms with Crippen molar-refractivity contribution in [2.45, 2.75) is 23.8 Å². The van der Waals surface area contributed by atoms with Crippen molar-refractivity contribution in [3.63, 3.8) is 0 Å². The fraction of sp³-hybridized carbons (Fsp3) is 0.250. The Hall–Kier alpha value is -2.61. The van der Waals surface area contributed by atoms with E-state index >= 15 is 0 Å². The van der Waals surface area contributed by atoms with Crippen LogP contribution in [0.2, 0.25) is 0 Å². The molecular formula is C16H12ClF2N5O. The second-order valence-electron chi connectivity index (χ2n) is 5.79. The van der Waals surface area contributed by atoms with Crippen LogP contribution in [0, 0.1) is 0 Å². The molecule has 0 unspecified atom stereocenters. The number of hydrogen-bond acceptors (Lipinski definition) is 6. The van der Waals surface area contributed by atoms with E-state index in [1.807, 2.05) is 18.2 Å². The molecule has 0 atom stereocenters. The molecule has 0 amide bonds. The Kier molecular flexibility index (Phi) is 3.64. The minimum Gasteiger partial charge on any atom is -0.345 e. The summed E-state index contributed by atoms with van der Waals surface area (Å²) < 4.78 is 30.3. The molecule has 128 valence electrons. The van der Waals surface area contributed by atoms with Gasteiger partial charge in [0.2, 0.25) is 11.8 Å². The Balaban J connectivity index is 1.52. The Morgan fingerprint density at radius 2 is 1.80 bits per heavy atom. The molecule has 1 saturated carbocycles. The summed E-state index contributed by atoms with van der Waals surface area (Å²) in [6, 6.07) is 10.1. The van der Waals surface area contributed by atoms with Crippen molar-refractivity contribution >= 4 is 17.5 Å². The Bertz CT molecular complexity index is 876. The van der Waals surface area contributed by atoms with Gasteiger partial charge in [-0.2, -0.15) is 13.8 Å². The summed E-state index contributed by atoms with van der Waals surface area (Å²) in [6.45, 7) is 0. The first-order valence-corrected chi connectivity index (χ1v) is 7.91. The van der Waals surface area contributed by atoms with Gasteiger partial charge >= 0.3 is 11.3 Å². The van der Waals surface area contributed by atoms with E-state index in [4.69, 9.17) is 11.6 Å². The van der Waals surface area contributed by atoms with E-state index < -0.39 is 11.3 Å². The normalized spacial score (nSPS) is 15.8. The molecule has 0 bridgehead atoms. The number of nitrogens with zero attached hydrogens (tertiary/aromatic N) is 4. The molecule has 9 heteroatoms. The third-order valence-corrected chi connectivity index (χ3v) is 4.17. The predicted molar refractivity (Wildman–Crippen MR) is 86.0 cm³/mol. The number of anilines is 1. The van der Waals surface area contributed by atoms with Gasteiger partial charge in [0.15, 0.2) is 0 Å². The average molecular weight is 364 g/mol. The van der Waals surface area contributed by atoms with Crippen LogP contribution in [0.3, 0.4) is 0 Å². The number of halogens is 3. The van der Waals surface area contributed by atoms with Crippen molar-refractivity contribution in [1.82, 2.24) is 20.1 Å². The number of rotatable bonds is 5. The summed E-state index contributed by atoms with van der Waals surface area (Å²) in [6.07, 6.45) is 4.86. The van der Waals surface area contributed by atoms with Crippen LogP contribution >= 0.6 is 11.6 Å². The van der Waals surface area contributed by atoms with E-state index in [-0.39, 0.29) is 11.4 Å². The van der Waals surface area contributed by atoms with Gasteiger partial charge in [-0.3, -0.25) is 0 Å². The first kappa shape index (κ1) is 15.9. The number of nitrogens with one attached hydrogen (secondary N) is 1. The Morgan fingerprint density at radius 3 is 2.36 bits per heavy atom. The molecule has 1 N–H and O–H groups in total. The van der Waals surface area contributed by atoms with Crippen molar-refractivity contribution in [2.24, 2.45) is 0 Å². The maximum absolute atomic E-state index is 12.9. The summed E-state index contributed by atoms with van der Waals surface area (Å²) in [4.78, 5) is 12.0. The first-order valence-electron chi connectivity index (χ1n) is 7.53. The fourth-order valence-electron chi connectivity index (χ4n) is 2.55. The van der Waals surface area contributed by atoms with Crippen molar-refractivity contribution in [1.29, 1.82) is 0 Å². The van der Waals surface area contributed by atoms with Crippen molar-refractivity contribution in [3.8, 4) is 11.4 Å². The summed E-state index contributed by atoms with van der Waals surface area (Å²) in [5, 5.41) is 3.09. The first-order chi connectivity index (χ1) is 12.0. The minimum atomic E-state index is -3.71. The number of hydrogen-bond donors (Lipinski definition) is 1. The lowest BCUT2D eigenvalue weighted by Gasteiger charge is -2.17. The van der Waals surface area contributed by atoms with Gasteiger partial charge in [-0.15, -0.1) is 0 Å². The molecule has 25 heavy (non-hydrogen) atoms. The third kappa shape index (κ3) is 3.17. The smallest absolute Gasteiger partial charge is 0.345 e. The molecule has 1 aromatic carbocycles. The van der Waals surface area contributed by atoms with E-state index in [2.05, 4.69) is 42.1 Å². The second kappa shape index (κ2) is 5.73. The van der Waals surface area contributed by atoms with Crippen LogP contribution in [-0.4, -0.2) is 20.1 Å². The van der Waals surface area contributed by atoms with Crippen LogP contribution in [-0.2, 0) is 10.9 Å². The molecule has 0 spiro atoms. The third-order valence-electron chi connectivity index (χ3n) is 4.01. The Labute approximate surface area is 146 Å². The summed E-state index contributed by atoms with van der Waals surface area (Å²) >= 11 is 4.85. The lowest BCUT2D eigenvalue weighted by atomic mass is 10.1. The van der Waals surface area contributed by atoms with Crippen LogP contribution < -0.4 is 5.32 Å². The van der Waals surface area contributed by atoms with Crippen molar-refractivity contribution in [3.05, 3.63) is 54.2 Å². The topological polar surface area (TPSA) is 76.7 Å².